The summed E-state index contributed by atoms with van der Waals surface area (Å²) in [5, 5.41) is 2.87. The maximum atomic E-state index is 13.0. The lowest BCUT2D eigenvalue weighted by Crippen LogP contribution is -2.24. The summed E-state index contributed by atoms with van der Waals surface area (Å²) in [4.78, 5) is 29.7. The Bertz CT molecular complexity index is 1230. The van der Waals surface area contributed by atoms with Gasteiger partial charge in [0.25, 0.3) is 5.91 Å². The minimum Gasteiger partial charge on any atom is -0.352 e. The number of carbonyl (C=O) groups excluding carboxylic acids is 2. The van der Waals surface area contributed by atoms with Crippen LogP contribution in [-0.2, 0) is 13.0 Å². The number of hydrogen-bond acceptors (Lipinski definition) is 3. The first-order valence-electron chi connectivity index (χ1n) is 11.2. The van der Waals surface area contributed by atoms with Crippen molar-refractivity contribution < 1.29 is 14.0 Å². The van der Waals surface area contributed by atoms with Crippen LogP contribution < -0.4 is 5.32 Å². The van der Waals surface area contributed by atoms with Crippen molar-refractivity contribution >= 4 is 22.7 Å². The van der Waals surface area contributed by atoms with Crippen molar-refractivity contribution in [2.75, 3.05) is 6.54 Å². The first-order valence-corrected chi connectivity index (χ1v) is 11.2. The highest BCUT2D eigenvalue weighted by molar-refractivity contribution is 5.96. The number of fused-ring (bicyclic) bond motifs is 1. The molecule has 33 heavy (non-hydrogen) atoms. The summed E-state index contributed by atoms with van der Waals surface area (Å²) in [5.41, 5.74) is 2.99. The van der Waals surface area contributed by atoms with Crippen molar-refractivity contribution in [3.8, 4) is 0 Å². The van der Waals surface area contributed by atoms with Gasteiger partial charge in [-0.1, -0.05) is 48.9 Å². The van der Waals surface area contributed by atoms with E-state index < -0.39 is 0 Å². The van der Waals surface area contributed by atoms with Crippen LogP contribution in [0.5, 0.6) is 0 Å². The minimum absolute atomic E-state index is 0.0588. The van der Waals surface area contributed by atoms with Gasteiger partial charge in [-0.3, -0.25) is 9.59 Å². The lowest BCUT2D eigenvalue weighted by Gasteiger charge is -2.09. The third-order valence-electron chi connectivity index (χ3n) is 5.60. The normalized spacial score (nSPS) is 10.9. The molecule has 5 nitrogen and oxygen atoms in total. The van der Waals surface area contributed by atoms with E-state index in [2.05, 4.69) is 5.32 Å². The van der Waals surface area contributed by atoms with Gasteiger partial charge < -0.3 is 9.88 Å². The van der Waals surface area contributed by atoms with Crippen molar-refractivity contribution in [1.82, 2.24) is 14.9 Å². The molecule has 0 atom stereocenters. The Kier molecular flexibility index (Phi) is 7.25. The first-order chi connectivity index (χ1) is 16.1. The number of nitrogens with zero attached hydrogens (tertiary/aromatic N) is 2. The molecule has 0 bridgehead atoms. The Balaban J connectivity index is 1.32. The Labute approximate surface area is 192 Å². The predicted molar refractivity (Wildman–Crippen MR) is 127 cm³/mol. The number of Topliss-reactive ketones (excluding diaryl/α,β-unsaturated/α-hetero) is 1. The average molecular weight is 444 g/mol. The fraction of sp³-hybridized carbons (Fsp3) is 0.222. The van der Waals surface area contributed by atoms with Gasteiger partial charge in [0, 0.05) is 24.1 Å². The van der Waals surface area contributed by atoms with Gasteiger partial charge in [0.05, 0.1) is 17.6 Å². The molecule has 0 unspecified atom stereocenters. The molecule has 0 saturated carbocycles. The number of amides is 1. The molecule has 4 rings (SSSR count). The number of ketones is 1. The molecular weight excluding hydrogens is 417 g/mol. The van der Waals surface area contributed by atoms with Gasteiger partial charge in [-0.15, -0.1) is 0 Å². The molecule has 0 aliphatic heterocycles. The Hall–Kier alpha value is -3.80. The van der Waals surface area contributed by atoms with Crippen molar-refractivity contribution in [2.45, 2.75) is 32.2 Å². The summed E-state index contributed by atoms with van der Waals surface area (Å²) >= 11 is 0. The van der Waals surface area contributed by atoms with Crippen LogP contribution in [0.2, 0.25) is 0 Å². The third kappa shape index (κ3) is 5.71. The van der Waals surface area contributed by atoms with Crippen LogP contribution in [0.25, 0.3) is 11.0 Å². The predicted octanol–water partition coefficient (Wildman–Crippen LogP) is 5.20. The molecule has 4 aromatic rings. The molecule has 1 heterocycles. The highest BCUT2D eigenvalue weighted by Crippen LogP contribution is 2.19. The summed E-state index contributed by atoms with van der Waals surface area (Å²) in [6.45, 7) is 0.812. The van der Waals surface area contributed by atoms with E-state index >= 15 is 0 Å². The van der Waals surface area contributed by atoms with Gasteiger partial charge in [0.15, 0.2) is 5.78 Å². The maximum Gasteiger partial charge on any atom is 0.251 e. The standard InChI is InChI=1S/C27H26FN3O2/c28-22-16-14-21(15-17-22)27(33)29-18-8-2-5-13-26-30-23-11-6-7-12-24(23)31(26)19-25(32)20-9-3-1-4-10-20/h1,3-4,6-7,9-12,14-17H,2,5,8,13,18-19H2,(H,29,33). The number of halogens is 1. The Morgan fingerprint density at radius 2 is 1.55 bits per heavy atom. The van der Waals surface area contributed by atoms with Crippen LogP contribution >= 0.6 is 0 Å². The van der Waals surface area contributed by atoms with Crippen LogP contribution in [0, 0.1) is 5.82 Å². The SMILES string of the molecule is O=C(Cn1c(CCCCCNC(=O)c2ccc(F)cc2)nc2ccccc21)c1ccccc1. The molecule has 0 radical (unpaired) electrons. The largest absolute Gasteiger partial charge is 0.352 e. The van der Waals surface area contributed by atoms with E-state index in [1.807, 2.05) is 59.2 Å². The molecule has 0 aliphatic carbocycles. The van der Waals surface area contributed by atoms with Crippen LogP contribution in [0.4, 0.5) is 4.39 Å². The van der Waals surface area contributed by atoms with Crippen LogP contribution in [-0.4, -0.2) is 27.8 Å². The molecule has 1 N–H and O–H groups in total. The fourth-order valence-electron chi connectivity index (χ4n) is 3.84. The summed E-state index contributed by atoms with van der Waals surface area (Å²) in [6.07, 6.45) is 3.40. The number of carbonyl (C=O) groups is 2. The minimum atomic E-state index is -0.358. The number of hydrogen-bond donors (Lipinski definition) is 1. The van der Waals surface area contributed by atoms with E-state index in [1.54, 1.807) is 0 Å². The monoisotopic (exact) mass is 443 g/mol. The number of para-hydroxylation sites is 2. The van der Waals surface area contributed by atoms with E-state index in [1.165, 1.54) is 24.3 Å². The van der Waals surface area contributed by atoms with Gasteiger partial charge in [-0.05, 0) is 49.2 Å². The van der Waals surface area contributed by atoms with E-state index in [0.29, 0.717) is 17.7 Å². The second kappa shape index (κ2) is 10.7. The highest BCUT2D eigenvalue weighted by Gasteiger charge is 2.14. The molecule has 6 heteroatoms. The van der Waals surface area contributed by atoms with Gasteiger partial charge >= 0.3 is 0 Å². The van der Waals surface area contributed by atoms with E-state index in [-0.39, 0.29) is 24.1 Å². The quantitative estimate of drug-likeness (QED) is 0.271. The molecule has 0 aliphatic rings. The van der Waals surface area contributed by atoms with Crippen LogP contribution in [0.3, 0.4) is 0 Å². The lowest BCUT2D eigenvalue weighted by molar-refractivity contribution is 0.0950. The molecular formula is C27H26FN3O2. The zero-order chi connectivity index (χ0) is 23.0. The van der Waals surface area contributed by atoms with Crippen molar-refractivity contribution in [3.05, 3.63) is 102 Å². The summed E-state index contributed by atoms with van der Waals surface area (Å²) < 4.78 is 15.0. The lowest BCUT2D eigenvalue weighted by atomic mass is 10.1. The molecule has 1 amide bonds. The highest BCUT2D eigenvalue weighted by atomic mass is 19.1. The topological polar surface area (TPSA) is 64.0 Å². The number of aryl methyl sites for hydroxylation is 1. The molecule has 168 valence electrons. The smallest absolute Gasteiger partial charge is 0.251 e. The average Bonchev–Trinajstić information content (AvgIpc) is 3.19. The van der Waals surface area contributed by atoms with Crippen LogP contribution in [0.1, 0.15) is 45.8 Å². The molecule has 0 fully saturated rings. The second-order valence-electron chi connectivity index (χ2n) is 7.97. The molecule has 0 spiro atoms. The third-order valence-corrected chi connectivity index (χ3v) is 5.60. The van der Waals surface area contributed by atoms with Gasteiger partial charge in [-0.2, -0.15) is 0 Å². The maximum absolute atomic E-state index is 13.0. The van der Waals surface area contributed by atoms with E-state index in [0.717, 1.165) is 42.5 Å². The molecule has 0 saturated heterocycles. The number of rotatable bonds is 10. The fourth-order valence-corrected chi connectivity index (χ4v) is 3.84. The Morgan fingerprint density at radius 3 is 2.33 bits per heavy atom. The van der Waals surface area contributed by atoms with Gasteiger partial charge in [-0.25, -0.2) is 9.37 Å². The number of aromatic nitrogens is 2. The van der Waals surface area contributed by atoms with E-state index in [9.17, 15) is 14.0 Å². The summed E-state index contributed by atoms with van der Waals surface area (Å²) in [7, 11) is 0. The van der Waals surface area contributed by atoms with Crippen molar-refractivity contribution in [3.63, 3.8) is 0 Å². The number of benzene rings is 3. The second-order valence-corrected chi connectivity index (χ2v) is 7.97. The summed E-state index contributed by atoms with van der Waals surface area (Å²) in [5.74, 6) is 0.401. The number of nitrogens with one attached hydrogen (secondary N) is 1. The van der Waals surface area contributed by atoms with E-state index in [4.69, 9.17) is 4.98 Å². The zero-order valence-electron chi connectivity index (χ0n) is 18.3. The number of unbranched alkanes of at least 4 members (excludes halogenated alkanes) is 2. The van der Waals surface area contributed by atoms with Crippen molar-refractivity contribution in [1.29, 1.82) is 0 Å². The van der Waals surface area contributed by atoms with Gasteiger partial charge in [0.1, 0.15) is 11.6 Å². The summed E-state index contributed by atoms with van der Waals surface area (Å²) in [6, 6.07) is 22.7. The number of imidazole rings is 1. The Morgan fingerprint density at radius 1 is 0.818 bits per heavy atom. The molecule has 3 aromatic carbocycles. The van der Waals surface area contributed by atoms with Crippen LogP contribution in [0.15, 0.2) is 78.9 Å². The van der Waals surface area contributed by atoms with Crippen molar-refractivity contribution in [2.24, 2.45) is 0 Å². The molecule has 1 aromatic heterocycles. The van der Waals surface area contributed by atoms with Gasteiger partial charge in [0.2, 0.25) is 0 Å². The zero-order valence-corrected chi connectivity index (χ0v) is 18.3. The first kappa shape index (κ1) is 22.4.